The summed E-state index contributed by atoms with van der Waals surface area (Å²) in [6.45, 7) is 2.65. The molecule has 2 heterocycles. The van der Waals surface area contributed by atoms with E-state index in [0.29, 0.717) is 4.99 Å². The first kappa shape index (κ1) is 14.3. The maximum absolute atomic E-state index is 5.95. The van der Waals surface area contributed by atoms with Crippen LogP contribution in [-0.4, -0.2) is 21.8 Å². The minimum atomic E-state index is 0.372. The molecule has 0 aliphatic rings. The Balaban J connectivity index is 2.33. The lowest BCUT2D eigenvalue weighted by atomic mass is 10.2. The summed E-state index contributed by atoms with van der Waals surface area (Å²) in [5.74, 6) is 0.925. The van der Waals surface area contributed by atoms with Crippen molar-refractivity contribution in [1.82, 2.24) is 9.78 Å². The second kappa shape index (κ2) is 5.48. The van der Waals surface area contributed by atoms with E-state index in [1.54, 1.807) is 16.0 Å². The van der Waals surface area contributed by atoms with Gasteiger partial charge in [-0.15, -0.1) is 11.3 Å². The van der Waals surface area contributed by atoms with Crippen molar-refractivity contribution in [3.63, 3.8) is 0 Å². The molecule has 0 aliphatic heterocycles. The second-order valence-electron chi connectivity index (χ2n) is 4.33. The van der Waals surface area contributed by atoms with Gasteiger partial charge in [0.05, 0.1) is 22.1 Å². The van der Waals surface area contributed by atoms with Crippen molar-refractivity contribution < 1.29 is 0 Å². The standard InChI is InChI=1S/C12H15ClN4S2/c1-7-10(11(14)18)12(17(3)15-7)16(2)6-8-4-5-9(13)19-8/h4-5H,6H2,1-3H3,(H2,14,18). The van der Waals surface area contributed by atoms with Crippen LogP contribution in [0, 0.1) is 6.92 Å². The third-order valence-electron chi connectivity index (χ3n) is 2.82. The van der Waals surface area contributed by atoms with Gasteiger partial charge in [-0.1, -0.05) is 23.8 Å². The molecule has 4 nitrogen and oxygen atoms in total. The highest BCUT2D eigenvalue weighted by molar-refractivity contribution is 7.80. The number of nitrogens with zero attached hydrogens (tertiary/aromatic N) is 3. The zero-order chi connectivity index (χ0) is 14.2. The molecule has 0 aliphatic carbocycles. The van der Waals surface area contributed by atoms with Crippen molar-refractivity contribution in [1.29, 1.82) is 0 Å². The highest BCUT2D eigenvalue weighted by atomic mass is 35.5. The van der Waals surface area contributed by atoms with Gasteiger partial charge in [0.1, 0.15) is 10.8 Å². The van der Waals surface area contributed by atoms with Gasteiger partial charge in [0.15, 0.2) is 0 Å². The van der Waals surface area contributed by atoms with Crippen LogP contribution in [0.25, 0.3) is 0 Å². The summed E-state index contributed by atoms with van der Waals surface area (Å²) in [5, 5.41) is 4.39. The number of thiophene rings is 1. The lowest BCUT2D eigenvalue weighted by Crippen LogP contribution is -2.23. The quantitative estimate of drug-likeness (QED) is 0.882. The molecule has 0 atom stereocenters. The van der Waals surface area contributed by atoms with E-state index >= 15 is 0 Å². The summed E-state index contributed by atoms with van der Waals surface area (Å²) in [5.41, 5.74) is 7.48. The molecular weight excluding hydrogens is 300 g/mol. The second-order valence-corrected chi connectivity index (χ2v) is 6.57. The third-order valence-corrected chi connectivity index (χ3v) is 4.24. The molecule has 0 aromatic carbocycles. The molecule has 19 heavy (non-hydrogen) atoms. The SMILES string of the molecule is Cc1nn(C)c(N(C)Cc2ccc(Cl)s2)c1C(N)=S. The highest BCUT2D eigenvalue weighted by Gasteiger charge is 2.19. The molecule has 2 N–H and O–H groups in total. The van der Waals surface area contributed by atoms with E-state index in [1.807, 2.05) is 33.2 Å². The molecule has 2 rings (SSSR count). The van der Waals surface area contributed by atoms with Crippen molar-refractivity contribution >= 4 is 46.0 Å². The van der Waals surface area contributed by atoms with Crippen LogP contribution in [0.2, 0.25) is 4.34 Å². The average molecular weight is 315 g/mol. The molecular formula is C12H15ClN4S2. The zero-order valence-electron chi connectivity index (χ0n) is 11.0. The minimum absolute atomic E-state index is 0.372. The predicted molar refractivity (Wildman–Crippen MR) is 85.3 cm³/mol. The van der Waals surface area contributed by atoms with Gasteiger partial charge in [0, 0.05) is 19.0 Å². The van der Waals surface area contributed by atoms with Crippen LogP contribution < -0.4 is 10.6 Å². The van der Waals surface area contributed by atoms with Gasteiger partial charge < -0.3 is 10.6 Å². The van der Waals surface area contributed by atoms with Gasteiger partial charge in [-0.25, -0.2) is 0 Å². The maximum Gasteiger partial charge on any atom is 0.137 e. The fourth-order valence-corrected chi connectivity index (χ4v) is 3.50. The van der Waals surface area contributed by atoms with Crippen LogP contribution in [0.5, 0.6) is 0 Å². The number of halogens is 1. The number of hydrogen-bond donors (Lipinski definition) is 1. The van der Waals surface area contributed by atoms with Crippen molar-refractivity contribution in [3.05, 3.63) is 32.6 Å². The Hall–Kier alpha value is -1.11. The van der Waals surface area contributed by atoms with Crippen LogP contribution in [0.15, 0.2) is 12.1 Å². The molecule has 0 unspecified atom stereocenters. The number of thiocarbonyl (C=S) groups is 1. The Morgan fingerprint density at radius 3 is 2.79 bits per heavy atom. The third kappa shape index (κ3) is 2.91. The number of anilines is 1. The molecule has 2 aromatic heterocycles. The first-order valence-electron chi connectivity index (χ1n) is 5.69. The Kier molecular flexibility index (Phi) is 4.13. The largest absolute Gasteiger partial charge is 0.389 e. The number of rotatable bonds is 4. The minimum Gasteiger partial charge on any atom is -0.389 e. The summed E-state index contributed by atoms with van der Waals surface area (Å²) in [4.78, 5) is 3.63. The van der Waals surface area contributed by atoms with E-state index < -0.39 is 0 Å². The number of nitrogens with two attached hydrogens (primary N) is 1. The molecule has 0 radical (unpaired) electrons. The van der Waals surface area contributed by atoms with E-state index in [1.165, 1.54) is 4.88 Å². The van der Waals surface area contributed by atoms with Gasteiger partial charge in [-0.05, 0) is 19.1 Å². The van der Waals surface area contributed by atoms with E-state index in [4.69, 9.17) is 29.6 Å². The first-order valence-corrected chi connectivity index (χ1v) is 7.29. The summed E-state index contributed by atoms with van der Waals surface area (Å²) < 4.78 is 2.60. The number of aromatic nitrogens is 2. The smallest absolute Gasteiger partial charge is 0.137 e. The predicted octanol–water partition coefficient (Wildman–Crippen LogP) is 2.71. The molecule has 0 fully saturated rings. The Labute approximate surface area is 126 Å². The van der Waals surface area contributed by atoms with Gasteiger partial charge in [-0.2, -0.15) is 5.10 Å². The van der Waals surface area contributed by atoms with E-state index in [2.05, 4.69) is 10.00 Å². The fourth-order valence-electron chi connectivity index (χ4n) is 2.12. The van der Waals surface area contributed by atoms with Gasteiger partial charge in [-0.3, -0.25) is 4.68 Å². The van der Waals surface area contributed by atoms with Crippen LogP contribution in [0.4, 0.5) is 5.82 Å². The van der Waals surface area contributed by atoms with Gasteiger partial charge in [0.25, 0.3) is 0 Å². The normalized spacial score (nSPS) is 10.7. The fraction of sp³-hybridized carbons (Fsp3) is 0.333. The molecule has 7 heteroatoms. The van der Waals surface area contributed by atoms with Crippen LogP contribution >= 0.6 is 35.2 Å². The van der Waals surface area contributed by atoms with Crippen molar-refractivity contribution in [2.75, 3.05) is 11.9 Å². The van der Waals surface area contributed by atoms with Crippen molar-refractivity contribution in [2.45, 2.75) is 13.5 Å². The number of hydrogen-bond acceptors (Lipinski definition) is 4. The molecule has 102 valence electrons. The maximum atomic E-state index is 5.95. The Morgan fingerprint density at radius 2 is 2.26 bits per heavy atom. The zero-order valence-corrected chi connectivity index (χ0v) is 13.4. The molecule has 0 amide bonds. The van der Waals surface area contributed by atoms with Crippen LogP contribution in [-0.2, 0) is 13.6 Å². The van der Waals surface area contributed by atoms with Gasteiger partial charge >= 0.3 is 0 Å². The Bertz CT molecular complexity index is 617. The van der Waals surface area contributed by atoms with Crippen molar-refractivity contribution in [3.8, 4) is 0 Å². The van der Waals surface area contributed by atoms with E-state index in [9.17, 15) is 0 Å². The topological polar surface area (TPSA) is 47.1 Å². The van der Waals surface area contributed by atoms with Crippen LogP contribution in [0.3, 0.4) is 0 Å². The lowest BCUT2D eigenvalue weighted by molar-refractivity contribution is 0.728. The lowest BCUT2D eigenvalue weighted by Gasteiger charge is -2.20. The molecule has 0 spiro atoms. The van der Waals surface area contributed by atoms with E-state index in [0.717, 1.165) is 28.0 Å². The van der Waals surface area contributed by atoms with Gasteiger partial charge in [0.2, 0.25) is 0 Å². The average Bonchev–Trinajstić information content (AvgIpc) is 2.82. The molecule has 0 bridgehead atoms. The molecule has 0 saturated heterocycles. The first-order chi connectivity index (χ1) is 8.90. The summed E-state index contributed by atoms with van der Waals surface area (Å²) in [6.07, 6.45) is 0. The monoisotopic (exact) mass is 314 g/mol. The highest BCUT2D eigenvalue weighted by Crippen LogP contribution is 2.27. The summed E-state index contributed by atoms with van der Waals surface area (Å²) in [6, 6.07) is 3.92. The Morgan fingerprint density at radius 1 is 1.58 bits per heavy atom. The van der Waals surface area contributed by atoms with Crippen LogP contribution in [0.1, 0.15) is 16.1 Å². The summed E-state index contributed by atoms with van der Waals surface area (Å²) >= 11 is 12.6. The van der Waals surface area contributed by atoms with Crippen molar-refractivity contribution in [2.24, 2.45) is 12.8 Å². The summed E-state index contributed by atoms with van der Waals surface area (Å²) in [7, 11) is 3.88. The molecule has 0 saturated carbocycles. The van der Waals surface area contributed by atoms with E-state index in [-0.39, 0.29) is 0 Å². The molecule has 2 aromatic rings. The number of aryl methyl sites for hydroxylation is 2.